The molecule has 2 rings (SSSR count). The Kier molecular flexibility index (Phi) is 4.40. The molecule has 1 saturated heterocycles. The number of aryl methyl sites for hydroxylation is 1. The van der Waals surface area contributed by atoms with E-state index in [0.717, 1.165) is 32.4 Å². The van der Waals surface area contributed by atoms with Crippen molar-refractivity contribution >= 4 is 9.84 Å². The van der Waals surface area contributed by atoms with E-state index in [-0.39, 0.29) is 0 Å². The number of sulfone groups is 1. The third-order valence-electron chi connectivity index (χ3n) is 3.39. The minimum absolute atomic E-state index is 0.318. The number of nitrogens with zero attached hydrogens (tertiary/aromatic N) is 2. The van der Waals surface area contributed by atoms with Crippen LogP contribution < -0.4 is 5.32 Å². The van der Waals surface area contributed by atoms with Gasteiger partial charge < -0.3 is 9.88 Å². The van der Waals surface area contributed by atoms with Crippen LogP contribution in [0.2, 0.25) is 0 Å². The van der Waals surface area contributed by atoms with E-state index in [1.165, 1.54) is 5.69 Å². The molecule has 0 spiro atoms. The highest BCUT2D eigenvalue weighted by Crippen LogP contribution is 2.13. The fraction of sp³-hybridized carbons (Fsp3) is 0.750. The number of imidazole rings is 1. The van der Waals surface area contributed by atoms with Crippen molar-refractivity contribution < 1.29 is 8.42 Å². The lowest BCUT2D eigenvalue weighted by Gasteiger charge is -2.23. The van der Waals surface area contributed by atoms with Crippen molar-refractivity contribution in [3.8, 4) is 0 Å². The second-order valence-electron chi connectivity index (χ2n) is 4.89. The van der Waals surface area contributed by atoms with E-state index in [1.807, 2.05) is 12.5 Å². The molecule has 6 heteroatoms. The Morgan fingerprint density at radius 3 is 2.83 bits per heavy atom. The number of hydrogen-bond acceptors (Lipinski definition) is 4. The van der Waals surface area contributed by atoms with Gasteiger partial charge in [0.15, 0.2) is 0 Å². The number of aromatic nitrogens is 2. The summed E-state index contributed by atoms with van der Waals surface area (Å²) in [5.74, 6) is 0.637. The molecular weight excluding hydrogens is 250 g/mol. The van der Waals surface area contributed by atoms with Gasteiger partial charge in [-0.1, -0.05) is 6.92 Å². The molecule has 2 heterocycles. The Morgan fingerprint density at radius 1 is 1.44 bits per heavy atom. The minimum atomic E-state index is -2.76. The summed E-state index contributed by atoms with van der Waals surface area (Å²) in [7, 11) is -2.76. The van der Waals surface area contributed by atoms with Crippen LogP contribution in [0.15, 0.2) is 12.5 Å². The van der Waals surface area contributed by atoms with Gasteiger partial charge in [-0.15, -0.1) is 0 Å². The van der Waals surface area contributed by atoms with Gasteiger partial charge in [0.25, 0.3) is 0 Å². The fourth-order valence-electron chi connectivity index (χ4n) is 2.28. The van der Waals surface area contributed by atoms with E-state index in [1.54, 1.807) is 0 Å². The largest absolute Gasteiger partial charge is 0.333 e. The predicted octanol–water partition coefficient (Wildman–Crippen LogP) is 0.960. The highest BCUT2D eigenvalue weighted by molar-refractivity contribution is 7.91. The maximum Gasteiger partial charge on any atom is 0.150 e. The SMILES string of the molecule is CCCn1cncc1CNC1CCS(=O)(=O)CC1. The van der Waals surface area contributed by atoms with Gasteiger partial charge in [0.2, 0.25) is 0 Å². The smallest absolute Gasteiger partial charge is 0.150 e. The van der Waals surface area contributed by atoms with Gasteiger partial charge in [0.1, 0.15) is 9.84 Å². The van der Waals surface area contributed by atoms with Crippen LogP contribution in [0, 0.1) is 0 Å². The van der Waals surface area contributed by atoms with E-state index in [2.05, 4.69) is 21.8 Å². The molecule has 0 saturated carbocycles. The second kappa shape index (κ2) is 5.84. The zero-order valence-electron chi connectivity index (χ0n) is 10.8. The molecule has 0 unspecified atom stereocenters. The zero-order valence-corrected chi connectivity index (χ0v) is 11.6. The van der Waals surface area contributed by atoms with Crippen LogP contribution in [0.1, 0.15) is 31.9 Å². The van der Waals surface area contributed by atoms with Crippen molar-refractivity contribution in [2.45, 2.75) is 45.3 Å². The quantitative estimate of drug-likeness (QED) is 0.866. The Labute approximate surface area is 109 Å². The first-order valence-corrected chi connectivity index (χ1v) is 8.35. The summed E-state index contributed by atoms with van der Waals surface area (Å²) in [6.07, 6.45) is 6.27. The number of nitrogens with one attached hydrogen (secondary N) is 1. The summed E-state index contributed by atoms with van der Waals surface area (Å²) in [6.45, 7) is 3.89. The lowest BCUT2D eigenvalue weighted by Crippen LogP contribution is -2.37. The first-order valence-electron chi connectivity index (χ1n) is 6.53. The van der Waals surface area contributed by atoms with Crippen LogP contribution >= 0.6 is 0 Å². The van der Waals surface area contributed by atoms with E-state index >= 15 is 0 Å². The van der Waals surface area contributed by atoms with Crippen LogP contribution in [0.25, 0.3) is 0 Å². The number of hydrogen-bond donors (Lipinski definition) is 1. The van der Waals surface area contributed by atoms with Crippen LogP contribution in [-0.2, 0) is 22.9 Å². The molecule has 0 aliphatic carbocycles. The third kappa shape index (κ3) is 3.55. The van der Waals surface area contributed by atoms with E-state index < -0.39 is 9.84 Å². The fourth-order valence-corrected chi connectivity index (χ4v) is 3.77. The van der Waals surface area contributed by atoms with Crippen LogP contribution in [0.3, 0.4) is 0 Å². The Balaban J connectivity index is 1.83. The molecule has 0 atom stereocenters. The van der Waals surface area contributed by atoms with Crippen molar-refractivity contribution in [3.63, 3.8) is 0 Å². The van der Waals surface area contributed by atoms with Gasteiger partial charge in [0.05, 0.1) is 23.5 Å². The predicted molar refractivity (Wildman–Crippen MR) is 71.0 cm³/mol. The molecule has 1 N–H and O–H groups in total. The van der Waals surface area contributed by atoms with Crippen molar-refractivity contribution in [1.82, 2.24) is 14.9 Å². The van der Waals surface area contributed by atoms with Gasteiger partial charge >= 0.3 is 0 Å². The minimum Gasteiger partial charge on any atom is -0.333 e. The highest BCUT2D eigenvalue weighted by Gasteiger charge is 2.23. The maximum atomic E-state index is 11.3. The standard InChI is InChI=1S/C12H21N3O2S/c1-2-5-15-10-13-8-12(15)9-14-11-3-6-18(16,17)7-4-11/h8,10-11,14H,2-7,9H2,1H3. The summed E-state index contributed by atoms with van der Waals surface area (Å²) in [5, 5.41) is 3.44. The molecule has 5 nitrogen and oxygen atoms in total. The molecular formula is C12H21N3O2S. The molecule has 18 heavy (non-hydrogen) atoms. The van der Waals surface area contributed by atoms with Crippen molar-refractivity contribution in [3.05, 3.63) is 18.2 Å². The molecule has 1 aliphatic heterocycles. The second-order valence-corrected chi connectivity index (χ2v) is 7.19. The van der Waals surface area contributed by atoms with Gasteiger partial charge in [-0.05, 0) is 19.3 Å². The van der Waals surface area contributed by atoms with Crippen LogP contribution in [0.4, 0.5) is 0 Å². The summed E-state index contributed by atoms with van der Waals surface area (Å²) < 4.78 is 24.8. The van der Waals surface area contributed by atoms with Crippen molar-refractivity contribution in [1.29, 1.82) is 0 Å². The van der Waals surface area contributed by atoms with Gasteiger partial charge in [0, 0.05) is 25.3 Å². The average molecular weight is 271 g/mol. The Bertz CT molecular complexity index is 467. The maximum absolute atomic E-state index is 11.3. The van der Waals surface area contributed by atoms with Crippen LogP contribution in [-0.4, -0.2) is 35.5 Å². The lowest BCUT2D eigenvalue weighted by molar-refractivity contribution is 0.453. The van der Waals surface area contributed by atoms with Gasteiger partial charge in [-0.2, -0.15) is 0 Å². The summed E-state index contributed by atoms with van der Waals surface area (Å²) >= 11 is 0. The first kappa shape index (κ1) is 13.5. The molecule has 0 aromatic carbocycles. The number of rotatable bonds is 5. The molecule has 1 aromatic rings. The molecule has 0 radical (unpaired) electrons. The van der Waals surface area contributed by atoms with Crippen molar-refractivity contribution in [2.75, 3.05) is 11.5 Å². The molecule has 1 aromatic heterocycles. The van der Waals surface area contributed by atoms with Crippen molar-refractivity contribution in [2.24, 2.45) is 0 Å². The Morgan fingerprint density at radius 2 is 2.17 bits per heavy atom. The third-order valence-corrected chi connectivity index (χ3v) is 5.10. The lowest BCUT2D eigenvalue weighted by atomic mass is 10.1. The topological polar surface area (TPSA) is 64.0 Å². The first-order chi connectivity index (χ1) is 8.61. The van der Waals surface area contributed by atoms with Gasteiger partial charge in [-0.3, -0.25) is 0 Å². The average Bonchev–Trinajstić information content (AvgIpc) is 2.76. The molecule has 1 fully saturated rings. The van der Waals surface area contributed by atoms with E-state index in [9.17, 15) is 8.42 Å². The summed E-state index contributed by atoms with van der Waals surface area (Å²) in [4.78, 5) is 4.15. The van der Waals surface area contributed by atoms with E-state index in [4.69, 9.17) is 0 Å². The molecule has 0 bridgehead atoms. The van der Waals surface area contributed by atoms with E-state index in [0.29, 0.717) is 17.5 Å². The molecule has 1 aliphatic rings. The normalized spacial score (nSPS) is 20.1. The zero-order chi connectivity index (χ0) is 13.0. The Hall–Kier alpha value is -0.880. The summed E-state index contributed by atoms with van der Waals surface area (Å²) in [5.41, 5.74) is 1.17. The monoisotopic (exact) mass is 271 g/mol. The van der Waals surface area contributed by atoms with Crippen LogP contribution in [0.5, 0.6) is 0 Å². The summed E-state index contributed by atoms with van der Waals surface area (Å²) in [6, 6.07) is 0.318. The highest BCUT2D eigenvalue weighted by atomic mass is 32.2. The molecule has 102 valence electrons. The molecule has 0 amide bonds. The van der Waals surface area contributed by atoms with Gasteiger partial charge in [-0.25, -0.2) is 13.4 Å².